The maximum absolute atomic E-state index is 11.2. The molecule has 0 saturated carbocycles. The summed E-state index contributed by atoms with van der Waals surface area (Å²) in [5.74, 6) is 0.525. The summed E-state index contributed by atoms with van der Waals surface area (Å²) in [5, 5.41) is 9.23. The third kappa shape index (κ3) is 3.29. The van der Waals surface area contributed by atoms with Gasteiger partial charge in [0.25, 0.3) is 0 Å². The Bertz CT molecular complexity index is 517. The lowest BCUT2D eigenvalue weighted by atomic mass is 9.72. The van der Waals surface area contributed by atoms with Crippen molar-refractivity contribution in [2.24, 2.45) is 5.73 Å². The van der Waals surface area contributed by atoms with Crippen molar-refractivity contribution in [1.82, 2.24) is 0 Å². The predicted molar refractivity (Wildman–Crippen MR) is 79.9 cm³/mol. The first-order chi connectivity index (χ1) is 9.97. The number of carboxylic acid groups (broad SMARTS) is 1. The molecule has 0 fully saturated rings. The zero-order chi connectivity index (χ0) is 15.5. The molecule has 1 aromatic rings. The fourth-order valence-electron chi connectivity index (χ4n) is 2.73. The standard InChI is InChI=1S/C16H23NO4/c1-3-14(17)16(2,10-15(18)19)11-5-6-12-13(9-11)21-8-4-7-20-12/h5-6,9,14H,3-4,7-8,10,17H2,1-2H3,(H,18,19). The van der Waals surface area contributed by atoms with Crippen LogP contribution in [0.4, 0.5) is 0 Å². The summed E-state index contributed by atoms with van der Waals surface area (Å²) in [6.45, 7) is 5.10. The number of hydrogen-bond acceptors (Lipinski definition) is 4. The van der Waals surface area contributed by atoms with Gasteiger partial charge in [-0.1, -0.05) is 19.9 Å². The molecule has 0 saturated heterocycles. The Morgan fingerprint density at radius 1 is 1.38 bits per heavy atom. The van der Waals surface area contributed by atoms with Gasteiger partial charge in [0.15, 0.2) is 11.5 Å². The van der Waals surface area contributed by atoms with Crippen molar-refractivity contribution in [1.29, 1.82) is 0 Å². The van der Waals surface area contributed by atoms with E-state index in [2.05, 4.69) is 0 Å². The van der Waals surface area contributed by atoms with E-state index in [1.165, 1.54) is 0 Å². The summed E-state index contributed by atoms with van der Waals surface area (Å²) in [6, 6.07) is 5.38. The lowest BCUT2D eigenvalue weighted by Gasteiger charge is -2.34. The van der Waals surface area contributed by atoms with Gasteiger partial charge >= 0.3 is 5.97 Å². The molecule has 0 aromatic heterocycles. The van der Waals surface area contributed by atoms with Gasteiger partial charge in [-0.3, -0.25) is 4.79 Å². The second kappa shape index (κ2) is 6.35. The fourth-order valence-corrected chi connectivity index (χ4v) is 2.73. The van der Waals surface area contributed by atoms with Crippen molar-refractivity contribution >= 4 is 5.97 Å². The summed E-state index contributed by atoms with van der Waals surface area (Å²) in [7, 11) is 0. The lowest BCUT2D eigenvalue weighted by Crippen LogP contribution is -2.44. The first kappa shape index (κ1) is 15.6. The normalized spacial score (nSPS) is 18.4. The molecule has 1 aromatic carbocycles. The molecule has 116 valence electrons. The molecule has 5 nitrogen and oxygen atoms in total. The molecule has 2 unspecified atom stereocenters. The molecule has 21 heavy (non-hydrogen) atoms. The van der Waals surface area contributed by atoms with E-state index in [4.69, 9.17) is 15.2 Å². The third-order valence-corrected chi connectivity index (χ3v) is 4.18. The van der Waals surface area contributed by atoms with Crippen molar-refractivity contribution in [2.45, 2.75) is 44.6 Å². The summed E-state index contributed by atoms with van der Waals surface area (Å²) in [6.07, 6.45) is 1.53. The Hall–Kier alpha value is -1.75. The van der Waals surface area contributed by atoms with Crippen molar-refractivity contribution in [3.05, 3.63) is 23.8 Å². The highest BCUT2D eigenvalue weighted by Gasteiger charge is 2.36. The minimum atomic E-state index is -0.853. The molecule has 0 radical (unpaired) electrons. The highest BCUT2D eigenvalue weighted by molar-refractivity contribution is 5.69. The largest absolute Gasteiger partial charge is 0.490 e. The van der Waals surface area contributed by atoms with E-state index in [0.29, 0.717) is 31.1 Å². The van der Waals surface area contributed by atoms with Gasteiger partial charge < -0.3 is 20.3 Å². The predicted octanol–water partition coefficient (Wildman–Crippen LogP) is 2.32. The van der Waals surface area contributed by atoms with Gasteiger partial charge in [0.2, 0.25) is 0 Å². The number of benzene rings is 1. The van der Waals surface area contributed by atoms with Crippen molar-refractivity contribution in [2.75, 3.05) is 13.2 Å². The van der Waals surface area contributed by atoms with Crippen molar-refractivity contribution < 1.29 is 19.4 Å². The first-order valence-corrected chi connectivity index (χ1v) is 7.35. The van der Waals surface area contributed by atoms with Crippen LogP contribution in [0, 0.1) is 0 Å². The Kier molecular flexibility index (Phi) is 4.73. The number of hydrogen-bond donors (Lipinski definition) is 2. The SMILES string of the molecule is CCC(N)C(C)(CC(=O)O)c1ccc2c(c1)OCCCO2. The topological polar surface area (TPSA) is 81.8 Å². The minimum Gasteiger partial charge on any atom is -0.490 e. The first-order valence-electron chi connectivity index (χ1n) is 7.35. The average Bonchev–Trinajstić information content (AvgIpc) is 2.69. The molecule has 1 aliphatic rings. The van der Waals surface area contributed by atoms with E-state index in [0.717, 1.165) is 12.0 Å². The van der Waals surface area contributed by atoms with Gasteiger partial charge in [0.1, 0.15) is 0 Å². The van der Waals surface area contributed by atoms with E-state index in [9.17, 15) is 9.90 Å². The number of ether oxygens (including phenoxy) is 2. The molecule has 1 aliphatic heterocycles. The zero-order valence-corrected chi connectivity index (χ0v) is 12.6. The number of aliphatic carboxylic acids is 1. The number of nitrogens with two attached hydrogens (primary N) is 1. The smallest absolute Gasteiger partial charge is 0.304 e. The maximum Gasteiger partial charge on any atom is 0.304 e. The number of rotatable bonds is 5. The third-order valence-electron chi connectivity index (χ3n) is 4.18. The van der Waals surface area contributed by atoms with Crippen LogP contribution in [0.1, 0.15) is 38.7 Å². The summed E-state index contributed by atoms with van der Waals surface area (Å²) < 4.78 is 11.3. The van der Waals surface area contributed by atoms with Gasteiger partial charge in [0, 0.05) is 17.9 Å². The van der Waals surface area contributed by atoms with Crippen molar-refractivity contribution in [3.63, 3.8) is 0 Å². The van der Waals surface area contributed by atoms with Gasteiger partial charge in [-0.15, -0.1) is 0 Å². The van der Waals surface area contributed by atoms with Gasteiger partial charge in [-0.25, -0.2) is 0 Å². The van der Waals surface area contributed by atoms with E-state index >= 15 is 0 Å². The molecule has 2 atom stereocenters. The molecule has 1 heterocycles. The Balaban J connectivity index is 2.40. The Morgan fingerprint density at radius 2 is 2.05 bits per heavy atom. The van der Waals surface area contributed by atoms with Crippen LogP contribution in [0.25, 0.3) is 0 Å². The van der Waals surface area contributed by atoms with Crippen LogP contribution >= 0.6 is 0 Å². The quantitative estimate of drug-likeness (QED) is 0.870. The van der Waals surface area contributed by atoms with Gasteiger partial charge in [-0.2, -0.15) is 0 Å². The van der Waals surface area contributed by atoms with Crippen LogP contribution in [-0.2, 0) is 10.2 Å². The number of carboxylic acids is 1. The van der Waals surface area contributed by atoms with E-state index < -0.39 is 11.4 Å². The highest BCUT2D eigenvalue weighted by atomic mass is 16.5. The number of fused-ring (bicyclic) bond motifs is 1. The summed E-state index contributed by atoms with van der Waals surface area (Å²) >= 11 is 0. The van der Waals surface area contributed by atoms with Crippen LogP contribution in [0.3, 0.4) is 0 Å². The second-order valence-electron chi connectivity index (χ2n) is 5.71. The van der Waals surface area contributed by atoms with Crippen LogP contribution in [0.5, 0.6) is 11.5 Å². The van der Waals surface area contributed by atoms with Crippen molar-refractivity contribution in [3.8, 4) is 11.5 Å². The van der Waals surface area contributed by atoms with Crippen LogP contribution in [0.2, 0.25) is 0 Å². The zero-order valence-electron chi connectivity index (χ0n) is 12.6. The Morgan fingerprint density at radius 3 is 2.67 bits per heavy atom. The number of carbonyl (C=O) groups is 1. The van der Waals surface area contributed by atoms with Gasteiger partial charge in [-0.05, 0) is 24.1 Å². The van der Waals surface area contributed by atoms with Crippen LogP contribution < -0.4 is 15.2 Å². The average molecular weight is 293 g/mol. The maximum atomic E-state index is 11.2. The summed E-state index contributed by atoms with van der Waals surface area (Å²) in [4.78, 5) is 11.2. The van der Waals surface area contributed by atoms with E-state index in [-0.39, 0.29) is 12.5 Å². The molecular formula is C16H23NO4. The Labute approximate surface area is 125 Å². The fraction of sp³-hybridized carbons (Fsp3) is 0.562. The molecule has 2 rings (SSSR count). The van der Waals surface area contributed by atoms with Crippen LogP contribution in [-0.4, -0.2) is 30.3 Å². The second-order valence-corrected chi connectivity index (χ2v) is 5.71. The lowest BCUT2D eigenvalue weighted by molar-refractivity contribution is -0.138. The summed E-state index contributed by atoms with van der Waals surface area (Å²) in [5.41, 5.74) is 6.45. The molecule has 5 heteroatoms. The van der Waals surface area contributed by atoms with E-state index in [1.54, 1.807) is 0 Å². The minimum absolute atomic E-state index is 0.0123. The molecule has 0 aliphatic carbocycles. The van der Waals surface area contributed by atoms with Gasteiger partial charge in [0.05, 0.1) is 19.6 Å². The highest BCUT2D eigenvalue weighted by Crippen LogP contribution is 2.38. The van der Waals surface area contributed by atoms with E-state index in [1.807, 2.05) is 32.0 Å². The molecule has 3 N–H and O–H groups in total. The molecule has 0 amide bonds. The monoisotopic (exact) mass is 293 g/mol. The molecule has 0 bridgehead atoms. The molecular weight excluding hydrogens is 270 g/mol. The van der Waals surface area contributed by atoms with Crippen LogP contribution in [0.15, 0.2) is 18.2 Å². The molecule has 0 spiro atoms.